The van der Waals surface area contributed by atoms with Crippen LogP contribution < -0.4 is 0 Å². The van der Waals surface area contributed by atoms with Gasteiger partial charge in [0.25, 0.3) is 0 Å². The molecule has 3 fully saturated rings. The van der Waals surface area contributed by atoms with Crippen LogP contribution in [0.5, 0.6) is 0 Å². The van der Waals surface area contributed by atoms with Crippen molar-refractivity contribution >= 4 is 41.8 Å². The van der Waals surface area contributed by atoms with Crippen LogP contribution in [-0.4, -0.2) is 130 Å². The van der Waals surface area contributed by atoms with E-state index >= 15 is 0 Å². The smallest absolute Gasteiger partial charge is 0.412 e. The van der Waals surface area contributed by atoms with Gasteiger partial charge in [-0.15, -0.1) is 11.6 Å². The number of alkyl halides is 1. The summed E-state index contributed by atoms with van der Waals surface area (Å²) in [6.07, 6.45) is 0.461. The van der Waals surface area contributed by atoms with Gasteiger partial charge in [0.2, 0.25) is 0 Å². The first-order valence-electron chi connectivity index (χ1n) is 24.8. The Morgan fingerprint density at radius 1 is 0.985 bits per heavy atom. The van der Waals surface area contributed by atoms with Crippen LogP contribution in [0.15, 0.2) is 41.3 Å². The Kier molecular flexibility index (Phi) is 20.0. The molecular formula is C52H88ClNO12SSi. The number of nitrogens with zero attached hydrogens (tertiary/aromatic N) is 1. The first-order chi connectivity index (χ1) is 31.1. The Morgan fingerprint density at radius 3 is 2.19 bits per heavy atom. The van der Waals surface area contributed by atoms with Crippen LogP contribution in [0.25, 0.3) is 0 Å². The molecule has 13 nitrogen and oxygen atoms in total. The van der Waals surface area contributed by atoms with Gasteiger partial charge in [-0.2, -0.15) is 0 Å². The Balaban J connectivity index is 1.43. The molecule has 1 aromatic rings. The highest BCUT2D eigenvalue weighted by Crippen LogP contribution is 2.43. The SMILES string of the molecule is C=C([C@H](C)C[C@@H](Cl)CC[C@@H]1O[C@@H](CCCOC(=O)C(C)(C)C)C[C@@H]1O[Si](C)(C)C(C)(C)C)[C@H](O)C[C@@H]1O[C@H](C[C@H]2CN(C(=O)OC(C)(C)C)C(C)(C)O2)[C@H](OC)[C@H]1CS(=O)(=O)c1ccc(C)cc1. The van der Waals surface area contributed by atoms with Crippen molar-refractivity contribution in [3.05, 3.63) is 42.0 Å². The normalized spacial score (nSPS) is 27.2. The van der Waals surface area contributed by atoms with Crippen molar-refractivity contribution in [1.82, 2.24) is 4.90 Å². The molecule has 16 heteroatoms. The third kappa shape index (κ3) is 16.2. The van der Waals surface area contributed by atoms with E-state index in [1.54, 1.807) is 36.3 Å². The zero-order chi connectivity index (χ0) is 51.4. The van der Waals surface area contributed by atoms with Gasteiger partial charge >= 0.3 is 12.1 Å². The molecular weight excluding hydrogens is 926 g/mol. The van der Waals surface area contributed by atoms with Crippen molar-refractivity contribution in [1.29, 1.82) is 0 Å². The van der Waals surface area contributed by atoms with Crippen LogP contribution in [-0.2, 0) is 47.5 Å². The molecule has 1 N–H and O–H groups in total. The molecule has 0 radical (unpaired) electrons. The molecule has 3 aliphatic heterocycles. The molecule has 1 amide bonds. The number of amides is 1. The molecule has 68 heavy (non-hydrogen) atoms. The largest absolute Gasteiger partial charge is 0.465 e. The Morgan fingerprint density at radius 2 is 1.62 bits per heavy atom. The molecule has 3 heterocycles. The van der Waals surface area contributed by atoms with Crippen LogP contribution in [0.4, 0.5) is 4.79 Å². The summed E-state index contributed by atoms with van der Waals surface area (Å²) in [5.41, 5.74) is -0.655. The summed E-state index contributed by atoms with van der Waals surface area (Å²) in [5.74, 6) is -1.28. The van der Waals surface area contributed by atoms with Crippen molar-refractivity contribution < 1.29 is 56.0 Å². The second-order valence-corrected chi connectivity index (χ2v) is 31.2. The maximum atomic E-state index is 14.0. The lowest BCUT2D eigenvalue weighted by Gasteiger charge is -2.39. The standard InChI is InChI=1S/C52H88ClNO12SSi/c1-33-20-23-39(24-21-33)67(58,59)32-40-43(63-45(46(40)60-15)29-38-31-54(52(13,14)64-38)48(57)65-50(7,8)9)30-41(55)35(3)34(2)27-36(53)22-25-42-44(66-68(16,17)51(10,11)12)28-37(62-42)19-18-26-61-47(56)49(4,5)6/h20-21,23-24,34,36-38,40-46,55H,3,18-19,22,25-32H2,1-2,4-17H3/t34-,36+,37+,38+,40+,41-,42+,43+,44+,45-,46-/m1/s1. The number of carbonyl (C=O) groups is 2. The van der Waals surface area contributed by atoms with Gasteiger partial charge in [-0.25, -0.2) is 13.2 Å². The van der Waals surface area contributed by atoms with E-state index in [-0.39, 0.29) is 64.2 Å². The number of aliphatic hydroxyl groups excluding tert-OH is 1. The molecule has 0 saturated carbocycles. The monoisotopic (exact) mass is 1010 g/mol. The second kappa shape index (κ2) is 23.2. The summed E-state index contributed by atoms with van der Waals surface area (Å²) in [7, 11) is -4.37. The van der Waals surface area contributed by atoms with Crippen molar-refractivity contribution in [2.75, 3.05) is 26.0 Å². The van der Waals surface area contributed by atoms with Gasteiger partial charge < -0.3 is 38.0 Å². The highest BCUT2D eigenvalue weighted by molar-refractivity contribution is 7.91. The molecule has 4 rings (SSSR count). The molecule has 0 unspecified atom stereocenters. The third-order valence-electron chi connectivity index (χ3n) is 14.2. The molecule has 0 aliphatic carbocycles. The fraction of sp³-hybridized carbons (Fsp3) is 0.808. The molecule has 390 valence electrons. The minimum atomic E-state index is -3.80. The van der Waals surface area contributed by atoms with Gasteiger partial charge in [0, 0.05) is 37.7 Å². The molecule has 0 aromatic heterocycles. The number of aliphatic hydroxyl groups is 1. The van der Waals surface area contributed by atoms with Gasteiger partial charge in [-0.05, 0) is 136 Å². The van der Waals surface area contributed by atoms with Crippen molar-refractivity contribution in [2.24, 2.45) is 17.3 Å². The van der Waals surface area contributed by atoms with E-state index in [9.17, 15) is 23.1 Å². The predicted molar refractivity (Wildman–Crippen MR) is 270 cm³/mol. The fourth-order valence-electron chi connectivity index (χ4n) is 9.17. The summed E-state index contributed by atoms with van der Waals surface area (Å²) in [6.45, 7) is 34.7. The number of benzene rings is 1. The summed E-state index contributed by atoms with van der Waals surface area (Å²) >= 11 is 7.10. The quantitative estimate of drug-likeness (QED) is 0.0409. The summed E-state index contributed by atoms with van der Waals surface area (Å²) < 4.78 is 72.1. The number of carbonyl (C=O) groups excluding carboxylic acids is 2. The van der Waals surface area contributed by atoms with E-state index in [0.29, 0.717) is 44.3 Å². The van der Waals surface area contributed by atoms with E-state index in [2.05, 4.69) is 40.4 Å². The van der Waals surface area contributed by atoms with Crippen molar-refractivity contribution in [3.63, 3.8) is 0 Å². The van der Waals surface area contributed by atoms with Crippen LogP contribution in [0.3, 0.4) is 0 Å². The predicted octanol–water partition coefficient (Wildman–Crippen LogP) is 10.6. The van der Waals surface area contributed by atoms with E-state index in [4.69, 9.17) is 44.4 Å². The average Bonchev–Trinajstić information content (AvgIpc) is 3.83. The van der Waals surface area contributed by atoms with Crippen molar-refractivity contribution in [3.8, 4) is 0 Å². The molecule has 0 bridgehead atoms. The fourth-order valence-corrected chi connectivity index (χ4v) is 12.6. The van der Waals surface area contributed by atoms with Crippen LogP contribution in [0, 0.1) is 24.2 Å². The zero-order valence-corrected chi connectivity index (χ0v) is 46.9. The third-order valence-corrected chi connectivity index (χ3v) is 20.9. The minimum absolute atomic E-state index is 0.0130. The van der Waals surface area contributed by atoms with Crippen molar-refractivity contribution in [2.45, 2.75) is 230 Å². The van der Waals surface area contributed by atoms with Gasteiger partial charge in [-0.3, -0.25) is 9.69 Å². The molecule has 3 aliphatic rings. The highest BCUT2D eigenvalue weighted by Gasteiger charge is 2.51. The number of rotatable bonds is 21. The second-order valence-electron chi connectivity index (χ2n) is 23.8. The van der Waals surface area contributed by atoms with Gasteiger partial charge in [0.15, 0.2) is 18.2 Å². The van der Waals surface area contributed by atoms with Gasteiger partial charge in [-0.1, -0.05) is 52.0 Å². The minimum Gasteiger partial charge on any atom is -0.465 e. The molecule has 0 spiro atoms. The highest BCUT2D eigenvalue weighted by atomic mass is 35.5. The Hall–Kier alpha value is -2.08. The van der Waals surface area contributed by atoms with Gasteiger partial charge in [0.05, 0.1) is 78.0 Å². The number of methoxy groups -OCH3 is 1. The van der Waals surface area contributed by atoms with E-state index in [1.807, 2.05) is 69.2 Å². The van der Waals surface area contributed by atoms with Crippen LogP contribution >= 0.6 is 11.6 Å². The Labute approximate surface area is 416 Å². The number of esters is 1. The number of aryl methyl sites for hydroxylation is 1. The molecule has 3 saturated heterocycles. The number of ether oxygens (including phenoxy) is 6. The topological polar surface area (TPSA) is 156 Å². The lowest BCUT2D eigenvalue weighted by Crippen LogP contribution is -2.46. The first kappa shape index (κ1) is 58.5. The van der Waals surface area contributed by atoms with E-state index < -0.39 is 77.4 Å². The maximum Gasteiger partial charge on any atom is 0.412 e. The maximum absolute atomic E-state index is 14.0. The summed E-state index contributed by atoms with van der Waals surface area (Å²) in [4.78, 5) is 27.3. The van der Waals surface area contributed by atoms with E-state index in [0.717, 1.165) is 18.4 Å². The first-order valence-corrected chi connectivity index (χ1v) is 29.8. The summed E-state index contributed by atoms with van der Waals surface area (Å²) in [6, 6.07) is 6.78. The lowest BCUT2D eigenvalue weighted by atomic mass is 9.86. The van der Waals surface area contributed by atoms with Crippen LogP contribution in [0.1, 0.15) is 140 Å². The zero-order valence-electron chi connectivity index (χ0n) is 44.3. The average molecular weight is 1010 g/mol. The Bertz CT molecular complexity index is 1940. The number of hydrogen-bond acceptors (Lipinski definition) is 12. The molecule has 11 atom stereocenters. The number of halogens is 1. The van der Waals surface area contributed by atoms with Crippen LogP contribution in [0.2, 0.25) is 18.1 Å². The summed E-state index contributed by atoms with van der Waals surface area (Å²) in [5, 5.41) is 11.6. The number of sulfone groups is 1. The van der Waals surface area contributed by atoms with Gasteiger partial charge in [0.1, 0.15) is 11.3 Å². The van der Waals surface area contributed by atoms with E-state index in [1.165, 1.54) is 0 Å². The molecule has 1 aromatic carbocycles. The lowest BCUT2D eigenvalue weighted by molar-refractivity contribution is -0.153. The number of hydrogen-bond donors (Lipinski definition) is 1.